The van der Waals surface area contributed by atoms with Gasteiger partial charge in [0.05, 0.1) is 27.5 Å². The molecular weight excluding hydrogens is 326 g/mol. The standard InChI is InChI=1S/C16H21N5O4/c1-21(2)14-11(9-17-16(20-14)25-5)19-15(22)18-10-6-7-12(23-3)13(8-10)24-4/h6-9H,1-5H3,(H2,18,19,22). The second kappa shape index (κ2) is 8.04. The van der Waals surface area contributed by atoms with Gasteiger partial charge in [0.1, 0.15) is 5.69 Å². The van der Waals surface area contributed by atoms with E-state index in [4.69, 9.17) is 14.2 Å². The lowest BCUT2D eigenvalue weighted by Gasteiger charge is -2.17. The van der Waals surface area contributed by atoms with Crippen LogP contribution in [0.15, 0.2) is 24.4 Å². The number of hydrogen-bond donors (Lipinski definition) is 2. The van der Waals surface area contributed by atoms with Crippen molar-refractivity contribution in [2.24, 2.45) is 0 Å². The highest BCUT2D eigenvalue weighted by atomic mass is 16.5. The average molecular weight is 347 g/mol. The maximum atomic E-state index is 12.3. The molecule has 0 spiro atoms. The highest BCUT2D eigenvalue weighted by molar-refractivity contribution is 6.01. The molecule has 2 rings (SSSR count). The molecule has 0 bridgehead atoms. The molecule has 0 atom stereocenters. The van der Waals surface area contributed by atoms with E-state index in [2.05, 4.69) is 20.6 Å². The number of anilines is 3. The first-order chi connectivity index (χ1) is 12.0. The number of nitrogens with zero attached hydrogens (tertiary/aromatic N) is 3. The van der Waals surface area contributed by atoms with Crippen molar-refractivity contribution in [2.75, 3.05) is 51.0 Å². The van der Waals surface area contributed by atoms with Crippen LogP contribution < -0.4 is 29.7 Å². The highest BCUT2D eigenvalue weighted by Gasteiger charge is 2.13. The summed E-state index contributed by atoms with van der Waals surface area (Å²) in [5.41, 5.74) is 1.000. The molecule has 0 saturated carbocycles. The average Bonchev–Trinajstić information content (AvgIpc) is 2.61. The van der Waals surface area contributed by atoms with Gasteiger partial charge in [0.25, 0.3) is 0 Å². The van der Waals surface area contributed by atoms with Crippen molar-refractivity contribution in [1.29, 1.82) is 0 Å². The van der Waals surface area contributed by atoms with Crippen molar-refractivity contribution >= 4 is 23.2 Å². The molecule has 9 heteroatoms. The Morgan fingerprint density at radius 3 is 2.36 bits per heavy atom. The van der Waals surface area contributed by atoms with Gasteiger partial charge in [0.2, 0.25) is 0 Å². The Bertz CT molecular complexity index is 751. The van der Waals surface area contributed by atoms with Crippen molar-refractivity contribution in [3.05, 3.63) is 24.4 Å². The summed E-state index contributed by atoms with van der Waals surface area (Å²) in [4.78, 5) is 22.2. The zero-order valence-corrected chi connectivity index (χ0v) is 14.8. The molecule has 134 valence electrons. The Morgan fingerprint density at radius 1 is 1.04 bits per heavy atom. The highest BCUT2D eigenvalue weighted by Crippen LogP contribution is 2.30. The van der Waals surface area contributed by atoms with Crippen molar-refractivity contribution in [1.82, 2.24) is 9.97 Å². The molecular formula is C16H21N5O4. The second-order valence-electron chi connectivity index (χ2n) is 5.14. The van der Waals surface area contributed by atoms with Gasteiger partial charge in [0.15, 0.2) is 17.3 Å². The molecule has 1 heterocycles. The van der Waals surface area contributed by atoms with E-state index in [1.54, 1.807) is 44.3 Å². The fraction of sp³-hybridized carbons (Fsp3) is 0.312. The summed E-state index contributed by atoms with van der Waals surface area (Å²) in [5.74, 6) is 1.61. The fourth-order valence-electron chi connectivity index (χ4n) is 2.08. The molecule has 25 heavy (non-hydrogen) atoms. The minimum atomic E-state index is -0.441. The third kappa shape index (κ3) is 4.40. The zero-order valence-electron chi connectivity index (χ0n) is 14.8. The number of carbonyl (C=O) groups is 1. The normalized spacial score (nSPS) is 9.96. The zero-order chi connectivity index (χ0) is 18.4. The van der Waals surface area contributed by atoms with Crippen LogP contribution in [0, 0.1) is 0 Å². The van der Waals surface area contributed by atoms with Gasteiger partial charge in [-0.2, -0.15) is 4.98 Å². The summed E-state index contributed by atoms with van der Waals surface area (Å²) >= 11 is 0. The summed E-state index contributed by atoms with van der Waals surface area (Å²) in [6.07, 6.45) is 1.48. The van der Waals surface area contributed by atoms with Gasteiger partial charge < -0.3 is 29.7 Å². The van der Waals surface area contributed by atoms with Crippen molar-refractivity contribution in [3.63, 3.8) is 0 Å². The first-order valence-electron chi connectivity index (χ1n) is 7.37. The number of carbonyl (C=O) groups excluding carboxylic acids is 1. The van der Waals surface area contributed by atoms with E-state index in [0.29, 0.717) is 28.7 Å². The van der Waals surface area contributed by atoms with E-state index in [1.165, 1.54) is 20.4 Å². The van der Waals surface area contributed by atoms with E-state index in [1.807, 2.05) is 0 Å². The van der Waals surface area contributed by atoms with Crippen LogP contribution in [0.25, 0.3) is 0 Å². The predicted molar refractivity (Wildman–Crippen MR) is 95.1 cm³/mol. The monoisotopic (exact) mass is 347 g/mol. The number of hydrogen-bond acceptors (Lipinski definition) is 7. The third-order valence-corrected chi connectivity index (χ3v) is 3.24. The molecule has 1 aromatic carbocycles. The SMILES string of the molecule is COc1ncc(NC(=O)Nc2ccc(OC)c(OC)c2)c(N(C)C)n1. The van der Waals surface area contributed by atoms with Gasteiger partial charge in [-0.25, -0.2) is 9.78 Å². The number of methoxy groups -OCH3 is 3. The Hall–Kier alpha value is -3.23. The summed E-state index contributed by atoms with van der Waals surface area (Å²) in [6, 6.07) is 4.85. The van der Waals surface area contributed by atoms with Gasteiger partial charge in [-0.15, -0.1) is 0 Å². The number of benzene rings is 1. The third-order valence-electron chi connectivity index (χ3n) is 3.24. The molecule has 0 unspecified atom stereocenters. The van der Waals surface area contributed by atoms with Gasteiger partial charge in [-0.3, -0.25) is 0 Å². The molecule has 0 saturated heterocycles. The molecule has 0 radical (unpaired) electrons. The summed E-state index contributed by atoms with van der Waals surface area (Å²) in [5, 5.41) is 5.43. The number of rotatable bonds is 6. The minimum Gasteiger partial charge on any atom is -0.493 e. The summed E-state index contributed by atoms with van der Waals surface area (Å²) < 4.78 is 15.4. The molecule has 0 aliphatic rings. The van der Waals surface area contributed by atoms with Crippen molar-refractivity contribution in [2.45, 2.75) is 0 Å². The van der Waals surface area contributed by atoms with E-state index in [9.17, 15) is 4.79 Å². The summed E-state index contributed by atoms with van der Waals surface area (Å²) in [6.45, 7) is 0. The molecule has 0 aliphatic carbocycles. The Balaban J connectivity index is 2.15. The van der Waals surface area contributed by atoms with E-state index < -0.39 is 6.03 Å². The van der Waals surface area contributed by atoms with E-state index in [-0.39, 0.29) is 6.01 Å². The van der Waals surface area contributed by atoms with Gasteiger partial charge in [0, 0.05) is 25.8 Å². The number of ether oxygens (including phenoxy) is 3. The molecule has 0 aliphatic heterocycles. The Kier molecular flexibility index (Phi) is 5.83. The molecule has 1 aromatic heterocycles. The maximum absolute atomic E-state index is 12.3. The lowest BCUT2D eigenvalue weighted by molar-refractivity contribution is 0.262. The van der Waals surface area contributed by atoms with Crippen LogP contribution >= 0.6 is 0 Å². The molecule has 9 nitrogen and oxygen atoms in total. The number of nitrogens with one attached hydrogen (secondary N) is 2. The van der Waals surface area contributed by atoms with Crippen LogP contribution in [0.3, 0.4) is 0 Å². The predicted octanol–water partition coefficient (Wildman–Crippen LogP) is 2.21. The molecule has 0 fully saturated rings. The van der Waals surface area contributed by atoms with Gasteiger partial charge in [-0.1, -0.05) is 0 Å². The van der Waals surface area contributed by atoms with Gasteiger partial charge >= 0.3 is 12.0 Å². The number of urea groups is 1. The van der Waals surface area contributed by atoms with E-state index >= 15 is 0 Å². The lowest BCUT2D eigenvalue weighted by atomic mass is 10.3. The number of amides is 2. The Labute approximate surface area is 145 Å². The Morgan fingerprint density at radius 2 is 1.76 bits per heavy atom. The van der Waals surface area contributed by atoms with Crippen molar-refractivity contribution < 1.29 is 19.0 Å². The summed E-state index contributed by atoms with van der Waals surface area (Å²) in [7, 11) is 8.16. The second-order valence-corrected chi connectivity index (χ2v) is 5.14. The molecule has 2 N–H and O–H groups in total. The topological polar surface area (TPSA) is 97.8 Å². The largest absolute Gasteiger partial charge is 0.493 e. The first-order valence-corrected chi connectivity index (χ1v) is 7.37. The minimum absolute atomic E-state index is 0.217. The van der Waals surface area contributed by atoms with Crippen LogP contribution in [-0.2, 0) is 0 Å². The maximum Gasteiger partial charge on any atom is 0.323 e. The molecule has 2 amide bonds. The van der Waals surface area contributed by atoms with E-state index in [0.717, 1.165) is 0 Å². The van der Waals surface area contributed by atoms with Crippen LogP contribution in [0.2, 0.25) is 0 Å². The quantitative estimate of drug-likeness (QED) is 0.827. The van der Waals surface area contributed by atoms with Crippen LogP contribution in [0.5, 0.6) is 17.5 Å². The first kappa shape index (κ1) is 18.1. The van der Waals surface area contributed by atoms with Crippen LogP contribution in [0.4, 0.5) is 22.0 Å². The smallest absolute Gasteiger partial charge is 0.323 e. The molecule has 2 aromatic rings. The van der Waals surface area contributed by atoms with Crippen molar-refractivity contribution in [3.8, 4) is 17.5 Å². The fourth-order valence-corrected chi connectivity index (χ4v) is 2.08. The van der Waals surface area contributed by atoms with Gasteiger partial charge in [-0.05, 0) is 12.1 Å². The van der Waals surface area contributed by atoms with Crippen LogP contribution in [-0.4, -0.2) is 51.4 Å². The number of aromatic nitrogens is 2. The van der Waals surface area contributed by atoms with Crippen LogP contribution in [0.1, 0.15) is 0 Å². The lowest BCUT2D eigenvalue weighted by Crippen LogP contribution is -2.22.